The molecule has 3 nitrogen and oxygen atoms in total. The molecule has 2 aliphatic heterocycles. The summed E-state index contributed by atoms with van der Waals surface area (Å²) in [5.41, 5.74) is -0.120. The van der Waals surface area contributed by atoms with Gasteiger partial charge in [0.25, 0.3) is 0 Å². The SMILES string of the molecule is CCC1(C(=O)N2CC(C)CC(C)C2C)CCNC1. The largest absolute Gasteiger partial charge is 0.339 e. The Hall–Kier alpha value is -0.570. The van der Waals surface area contributed by atoms with Crippen LogP contribution in [0.4, 0.5) is 0 Å². The first-order valence-electron chi connectivity index (χ1n) is 7.52. The maximum atomic E-state index is 12.9. The zero-order chi connectivity index (χ0) is 13.3. The van der Waals surface area contributed by atoms with Crippen molar-refractivity contribution in [3.05, 3.63) is 0 Å². The van der Waals surface area contributed by atoms with Gasteiger partial charge in [0.15, 0.2) is 0 Å². The van der Waals surface area contributed by atoms with E-state index in [1.165, 1.54) is 6.42 Å². The molecule has 2 fully saturated rings. The number of piperidine rings is 1. The standard InChI is InChI=1S/C15H28N2O/c1-5-15(6-7-16-10-15)14(18)17-9-11(2)8-12(3)13(17)4/h11-13,16H,5-10H2,1-4H3. The smallest absolute Gasteiger partial charge is 0.230 e. The van der Waals surface area contributed by atoms with E-state index in [2.05, 4.69) is 37.9 Å². The molecule has 1 amide bonds. The molecule has 0 saturated carbocycles. The third-order valence-corrected chi connectivity index (χ3v) is 5.23. The summed E-state index contributed by atoms with van der Waals surface area (Å²) in [6.07, 6.45) is 3.22. The van der Waals surface area contributed by atoms with E-state index in [1.807, 2.05) is 0 Å². The van der Waals surface area contributed by atoms with Gasteiger partial charge in [-0.3, -0.25) is 4.79 Å². The predicted molar refractivity (Wildman–Crippen MR) is 74.3 cm³/mol. The second-order valence-corrected chi connectivity index (χ2v) is 6.58. The minimum Gasteiger partial charge on any atom is -0.339 e. The predicted octanol–water partition coefficient (Wildman–Crippen LogP) is 2.27. The fourth-order valence-electron chi connectivity index (χ4n) is 3.67. The van der Waals surface area contributed by atoms with Crippen molar-refractivity contribution in [2.45, 2.75) is 53.0 Å². The molecule has 0 aliphatic carbocycles. The van der Waals surface area contributed by atoms with Crippen LogP contribution in [-0.2, 0) is 4.79 Å². The zero-order valence-electron chi connectivity index (χ0n) is 12.3. The van der Waals surface area contributed by atoms with Gasteiger partial charge in [0.05, 0.1) is 5.41 Å². The van der Waals surface area contributed by atoms with E-state index in [4.69, 9.17) is 0 Å². The number of amides is 1. The Kier molecular flexibility index (Phi) is 4.00. The average Bonchev–Trinajstić information content (AvgIpc) is 2.82. The Labute approximate surface area is 111 Å². The molecule has 2 heterocycles. The topological polar surface area (TPSA) is 32.3 Å². The first-order chi connectivity index (χ1) is 8.50. The molecule has 18 heavy (non-hydrogen) atoms. The van der Waals surface area contributed by atoms with E-state index in [-0.39, 0.29) is 5.41 Å². The monoisotopic (exact) mass is 252 g/mol. The van der Waals surface area contributed by atoms with Gasteiger partial charge in [-0.25, -0.2) is 0 Å². The molecule has 2 rings (SSSR count). The lowest BCUT2D eigenvalue weighted by Gasteiger charge is -2.44. The maximum Gasteiger partial charge on any atom is 0.230 e. The van der Waals surface area contributed by atoms with Gasteiger partial charge in [-0.1, -0.05) is 20.8 Å². The number of carbonyl (C=O) groups excluding carboxylic acids is 1. The van der Waals surface area contributed by atoms with Crippen LogP contribution in [0.2, 0.25) is 0 Å². The van der Waals surface area contributed by atoms with Crippen molar-refractivity contribution in [3.63, 3.8) is 0 Å². The van der Waals surface area contributed by atoms with Crippen LogP contribution in [0.25, 0.3) is 0 Å². The average molecular weight is 252 g/mol. The van der Waals surface area contributed by atoms with E-state index < -0.39 is 0 Å². The summed E-state index contributed by atoms with van der Waals surface area (Å²) in [6.45, 7) is 11.8. The van der Waals surface area contributed by atoms with E-state index in [1.54, 1.807) is 0 Å². The Morgan fingerprint density at radius 3 is 2.67 bits per heavy atom. The molecule has 2 saturated heterocycles. The van der Waals surface area contributed by atoms with Crippen molar-refractivity contribution in [3.8, 4) is 0 Å². The third-order valence-electron chi connectivity index (χ3n) is 5.23. The molecule has 0 radical (unpaired) electrons. The fourth-order valence-corrected chi connectivity index (χ4v) is 3.67. The van der Waals surface area contributed by atoms with Crippen LogP contribution in [0, 0.1) is 17.3 Å². The van der Waals surface area contributed by atoms with Crippen LogP contribution in [0.15, 0.2) is 0 Å². The zero-order valence-corrected chi connectivity index (χ0v) is 12.3. The Morgan fingerprint density at radius 2 is 2.11 bits per heavy atom. The highest BCUT2D eigenvalue weighted by atomic mass is 16.2. The van der Waals surface area contributed by atoms with Crippen molar-refractivity contribution >= 4 is 5.91 Å². The highest BCUT2D eigenvalue weighted by molar-refractivity contribution is 5.83. The highest BCUT2D eigenvalue weighted by Gasteiger charge is 2.45. The molecule has 0 bridgehead atoms. The number of rotatable bonds is 2. The molecule has 104 valence electrons. The maximum absolute atomic E-state index is 12.9. The number of hydrogen-bond acceptors (Lipinski definition) is 2. The van der Waals surface area contributed by atoms with Gasteiger partial charge in [0, 0.05) is 19.1 Å². The third kappa shape index (κ3) is 2.29. The summed E-state index contributed by atoms with van der Waals surface area (Å²) in [5, 5.41) is 3.37. The van der Waals surface area contributed by atoms with E-state index in [9.17, 15) is 4.79 Å². The van der Waals surface area contributed by atoms with E-state index >= 15 is 0 Å². The van der Waals surface area contributed by atoms with Crippen molar-refractivity contribution < 1.29 is 4.79 Å². The van der Waals surface area contributed by atoms with Gasteiger partial charge in [0.2, 0.25) is 5.91 Å². The molecule has 4 atom stereocenters. The van der Waals surface area contributed by atoms with Crippen LogP contribution in [0.1, 0.15) is 47.0 Å². The lowest BCUT2D eigenvalue weighted by Crippen LogP contribution is -2.54. The highest BCUT2D eigenvalue weighted by Crippen LogP contribution is 2.36. The van der Waals surface area contributed by atoms with Crippen LogP contribution in [0.3, 0.4) is 0 Å². The molecule has 0 aromatic carbocycles. The lowest BCUT2D eigenvalue weighted by molar-refractivity contribution is -0.147. The van der Waals surface area contributed by atoms with Crippen LogP contribution in [-0.4, -0.2) is 36.5 Å². The number of nitrogens with one attached hydrogen (secondary N) is 1. The molecule has 4 unspecified atom stereocenters. The number of likely N-dealkylation sites (tertiary alicyclic amines) is 1. The Balaban J connectivity index is 2.16. The van der Waals surface area contributed by atoms with Crippen LogP contribution < -0.4 is 5.32 Å². The first-order valence-corrected chi connectivity index (χ1v) is 7.52. The Morgan fingerprint density at radius 1 is 1.39 bits per heavy atom. The molecule has 1 N–H and O–H groups in total. The van der Waals surface area contributed by atoms with Crippen molar-refractivity contribution in [1.29, 1.82) is 0 Å². The van der Waals surface area contributed by atoms with Gasteiger partial charge < -0.3 is 10.2 Å². The second-order valence-electron chi connectivity index (χ2n) is 6.58. The van der Waals surface area contributed by atoms with Crippen molar-refractivity contribution in [2.75, 3.05) is 19.6 Å². The molecular formula is C15H28N2O. The van der Waals surface area contributed by atoms with Gasteiger partial charge in [-0.15, -0.1) is 0 Å². The number of nitrogens with zero attached hydrogens (tertiary/aromatic N) is 1. The quantitative estimate of drug-likeness (QED) is 0.817. The van der Waals surface area contributed by atoms with Crippen molar-refractivity contribution in [1.82, 2.24) is 10.2 Å². The molecule has 3 heteroatoms. The minimum absolute atomic E-state index is 0.120. The normalized spacial score (nSPS) is 41.1. The molecule has 0 aromatic rings. The number of hydrogen-bond donors (Lipinski definition) is 1. The van der Waals surface area contributed by atoms with Gasteiger partial charge in [-0.2, -0.15) is 0 Å². The lowest BCUT2D eigenvalue weighted by atomic mass is 9.79. The van der Waals surface area contributed by atoms with Crippen LogP contribution >= 0.6 is 0 Å². The summed E-state index contributed by atoms with van der Waals surface area (Å²) >= 11 is 0. The molecule has 0 spiro atoms. The fraction of sp³-hybridized carbons (Fsp3) is 0.933. The molecule has 0 aromatic heterocycles. The van der Waals surface area contributed by atoms with E-state index in [0.717, 1.165) is 32.5 Å². The molecule has 2 aliphatic rings. The van der Waals surface area contributed by atoms with Gasteiger partial charge in [0.1, 0.15) is 0 Å². The van der Waals surface area contributed by atoms with Gasteiger partial charge in [-0.05, 0) is 44.6 Å². The van der Waals surface area contributed by atoms with Crippen molar-refractivity contribution in [2.24, 2.45) is 17.3 Å². The second kappa shape index (κ2) is 5.20. The molecular weight excluding hydrogens is 224 g/mol. The van der Waals surface area contributed by atoms with E-state index in [0.29, 0.717) is 23.8 Å². The minimum atomic E-state index is -0.120. The summed E-state index contributed by atoms with van der Waals surface area (Å²) in [5.74, 6) is 1.67. The number of carbonyl (C=O) groups is 1. The Bertz CT molecular complexity index is 310. The summed E-state index contributed by atoms with van der Waals surface area (Å²) in [6, 6.07) is 0.401. The first kappa shape index (κ1) is 13.9. The van der Waals surface area contributed by atoms with Crippen LogP contribution in [0.5, 0.6) is 0 Å². The van der Waals surface area contributed by atoms with Gasteiger partial charge >= 0.3 is 0 Å². The summed E-state index contributed by atoms with van der Waals surface area (Å²) in [4.78, 5) is 15.1. The summed E-state index contributed by atoms with van der Waals surface area (Å²) < 4.78 is 0. The summed E-state index contributed by atoms with van der Waals surface area (Å²) in [7, 11) is 0.